The molecule has 1 aliphatic carbocycles. The predicted octanol–water partition coefficient (Wildman–Crippen LogP) is 2.23. The molecule has 1 saturated heterocycles. The van der Waals surface area contributed by atoms with Crippen LogP contribution < -0.4 is 11.1 Å². The van der Waals surface area contributed by atoms with Gasteiger partial charge in [-0.05, 0) is 62.8 Å². The Morgan fingerprint density at radius 2 is 1.74 bits per heavy atom. The lowest BCUT2D eigenvalue weighted by Crippen LogP contribution is -2.42. The lowest BCUT2D eigenvalue weighted by molar-refractivity contribution is -0.117. The van der Waals surface area contributed by atoms with Gasteiger partial charge in [0.15, 0.2) is 0 Å². The Bertz CT molecular complexity index is 570. The average Bonchev–Trinajstić information content (AvgIpc) is 3.40. The summed E-state index contributed by atoms with van der Waals surface area (Å²) in [4.78, 5) is 26.2. The molecule has 23 heavy (non-hydrogen) atoms. The van der Waals surface area contributed by atoms with Crippen LogP contribution in [0.1, 0.15) is 43.0 Å². The largest absolute Gasteiger partial charge is 0.339 e. The van der Waals surface area contributed by atoms with Gasteiger partial charge >= 0.3 is 0 Å². The van der Waals surface area contributed by atoms with Crippen LogP contribution in [0.15, 0.2) is 24.3 Å². The van der Waals surface area contributed by atoms with Gasteiger partial charge in [0.25, 0.3) is 5.91 Å². The zero-order valence-corrected chi connectivity index (χ0v) is 13.6. The number of carbonyl (C=O) groups is 2. The number of hydrogen-bond acceptors (Lipinski definition) is 3. The zero-order chi connectivity index (χ0) is 16.4. The third-order valence-corrected chi connectivity index (χ3v) is 4.92. The molecule has 1 saturated carbocycles. The highest BCUT2D eigenvalue weighted by Crippen LogP contribution is 2.30. The van der Waals surface area contributed by atoms with Crippen molar-refractivity contribution in [3.63, 3.8) is 0 Å². The maximum Gasteiger partial charge on any atom is 0.253 e. The van der Waals surface area contributed by atoms with E-state index in [1.807, 2.05) is 24.0 Å². The Kier molecular flexibility index (Phi) is 4.66. The number of hydrogen-bond donors (Lipinski definition) is 2. The molecule has 3 N–H and O–H groups in total. The van der Waals surface area contributed by atoms with E-state index in [0.29, 0.717) is 11.5 Å². The molecular formula is C18H25N3O2. The monoisotopic (exact) mass is 315 g/mol. The van der Waals surface area contributed by atoms with Gasteiger partial charge in [0.2, 0.25) is 5.91 Å². The fourth-order valence-corrected chi connectivity index (χ4v) is 3.10. The molecule has 0 spiro atoms. The number of likely N-dealkylation sites (tertiary alicyclic amines) is 1. The normalized spacial score (nSPS) is 20.2. The number of benzene rings is 1. The van der Waals surface area contributed by atoms with Crippen molar-refractivity contribution in [1.82, 2.24) is 4.90 Å². The Balaban J connectivity index is 1.56. The van der Waals surface area contributed by atoms with E-state index in [2.05, 4.69) is 5.32 Å². The van der Waals surface area contributed by atoms with Crippen LogP contribution in [-0.2, 0) is 4.79 Å². The summed E-state index contributed by atoms with van der Waals surface area (Å²) in [6.45, 7) is 3.58. The van der Waals surface area contributed by atoms with Crippen LogP contribution in [0.5, 0.6) is 0 Å². The van der Waals surface area contributed by atoms with E-state index in [9.17, 15) is 9.59 Å². The van der Waals surface area contributed by atoms with Gasteiger partial charge in [0.05, 0.1) is 0 Å². The van der Waals surface area contributed by atoms with Crippen molar-refractivity contribution < 1.29 is 9.59 Å². The second-order valence-corrected chi connectivity index (χ2v) is 6.83. The summed E-state index contributed by atoms with van der Waals surface area (Å²) in [6.07, 6.45) is 3.91. The number of anilines is 1. The molecule has 1 unspecified atom stereocenters. The van der Waals surface area contributed by atoms with Gasteiger partial charge in [-0.3, -0.25) is 9.59 Å². The highest BCUT2D eigenvalue weighted by atomic mass is 16.2. The standard InChI is InChI=1S/C18H25N3O2/c1-12(19)13-8-10-21(11-9-13)18(23)15-4-6-16(7-5-15)20-17(22)14-2-3-14/h4-7,12-14H,2-3,8-11,19H2,1H3,(H,20,22). The molecule has 2 aliphatic rings. The van der Waals surface area contributed by atoms with E-state index in [-0.39, 0.29) is 23.8 Å². The Morgan fingerprint density at radius 1 is 1.13 bits per heavy atom. The number of nitrogens with one attached hydrogen (secondary N) is 1. The van der Waals surface area contributed by atoms with E-state index in [4.69, 9.17) is 5.73 Å². The van der Waals surface area contributed by atoms with E-state index >= 15 is 0 Å². The topological polar surface area (TPSA) is 75.4 Å². The summed E-state index contributed by atoms with van der Waals surface area (Å²) in [5, 5.41) is 2.89. The Hall–Kier alpha value is -1.88. The Labute approximate surface area is 137 Å². The summed E-state index contributed by atoms with van der Waals surface area (Å²) in [5.74, 6) is 0.844. The molecule has 1 aliphatic heterocycles. The van der Waals surface area contributed by atoms with E-state index < -0.39 is 0 Å². The molecular weight excluding hydrogens is 290 g/mol. The van der Waals surface area contributed by atoms with Crippen LogP contribution in [0.25, 0.3) is 0 Å². The van der Waals surface area contributed by atoms with Crippen molar-refractivity contribution in [2.75, 3.05) is 18.4 Å². The van der Waals surface area contributed by atoms with E-state index in [0.717, 1.165) is 44.5 Å². The molecule has 1 heterocycles. The van der Waals surface area contributed by atoms with Crippen molar-refractivity contribution in [2.45, 2.75) is 38.6 Å². The van der Waals surface area contributed by atoms with Crippen LogP contribution in [0.2, 0.25) is 0 Å². The number of nitrogens with two attached hydrogens (primary N) is 1. The van der Waals surface area contributed by atoms with Crippen molar-refractivity contribution in [1.29, 1.82) is 0 Å². The second-order valence-electron chi connectivity index (χ2n) is 6.83. The maximum atomic E-state index is 12.5. The van der Waals surface area contributed by atoms with Gasteiger partial charge in [-0.2, -0.15) is 0 Å². The highest BCUT2D eigenvalue weighted by molar-refractivity contribution is 5.96. The summed E-state index contributed by atoms with van der Waals surface area (Å²) in [5.41, 5.74) is 7.38. The van der Waals surface area contributed by atoms with Crippen LogP contribution >= 0.6 is 0 Å². The molecule has 1 atom stereocenters. The first kappa shape index (κ1) is 16.0. The first-order chi connectivity index (χ1) is 11.0. The minimum atomic E-state index is 0.0631. The quantitative estimate of drug-likeness (QED) is 0.894. The molecule has 5 nitrogen and oxygen atoms in total. The van der Waals surface area contributed by atoms with Gasteiger partial charge in [0, 0.05) is 36.3 Å². The van der Waals surface area contributed by atoms with Crippen LogP contribution in [-0.4, -0.2) is 35.8 Å². The molecule has 124 valence electrons. The molecule has 0 radical (unpaired) electrons. The molecule has 1 aromatic carbocycles. The molecule has 1 aromatic rings. The van der Waals surface area contributed by atoms with Crippen LogP contribution in [0.4, 0.5) is 5.69 Å². The van der Waals surface area contributed by atoms with Crippen molar-refractivity contribution in [3.8, 4) is 0 Å². The lowest BCUT2D eigenvalue weighted by atomic mass is 9.90. The molecule has 0 aromatic heterocycles. The lowest BCUT2D eigenvalue weighted by Gasteiger charge is -2.33. The second kappa shape index (κ2) is 6.71. The highest BCUT2D eigenvalue weighted by Gasteiger charge is 2.29. The van der Waals surface area contributed by atoms with Gasteiger partial charge in [-0.25, -0.2) is 0 Å². The molecule has 5 heteroatoms. The third kappa shape index (κ3) is 3.91. The minimum Gasteiger partial charge on any atom is -0.339 e. The SMILES string of the molecule is CC(N)C1CCN(C(=O)c2ccc(NC(=O)C3CC3)cc2)CC1. The zero-order valence-electron chi connectivity index (χ0n) is 13.6. The summed E-state index contributed by atoms with van der Waals surface area (Å²) >= 11 is 0. The molecule has 2 amide bonds. The fourth-order valence-electron chi connectivity index (χ4n) is 3.10. The number of amides is 2. The molecule has 0 bridgehead atoms. The summed E-state index contributed by atoms with van der Waals surface area (Å²) < 4.78 is 0. The van der Waals surface area contributed by atoms with Gasteiger partial charge < -0.3 is 16.0 Å². The maximum absolute atomic E-state index is 12.5. The first-order valence-electron chi connectivity index (χ1n) is 8.50. The van der Waals surface area contributed by atoms with Crippen molar-refractivity contribution in [2.24, 2.45) is 17.6 Å². The van der Waals surface area contributed by atoms with Gasteiger partial charge in [-0.1, -0.05) is 0 Å². The van der Waals surface area contributed by atoms with Gasteiger partial charge in [-0.15, -0.1) is 0 Å². The van der Waals surface area contributed by atoms with Crippen LogP contribution in [0, 0.1) is 11.8 Å². The number of nitrogens with zero attached hydrogens (tertiary/aromatic N) is 1. The number of rotatable bonds is 4. The molecule has 3 rings (SSSR count). The molecule has 2 fully saturated rings. The summed E-state index contributed by atoms with van der Waals surface area (Å²) in [6, 6.07) is 7.40. The Morgan fingerprint density at radius 3 is 2.26 bits per heavy atom. The third-order valence-electron chi connectivity index (χ3n) is 4.92. The van der Waals surface area contributed by atoms with Crippen molar-refractivity contribution >= 4 is 17.5 Å². The fraction of sp³-hybridized carbons (Fsp3) is 0.556. The first-order valence-corrected chi connectivity index (χ1v) is 8.50. The minimum absolute atomic E-state index is 0.0631. The number of carbonyl (C=O) groups excluding carboxylic acids is 2. The van der Waals surface area contributed by atoms with E-state index in [1.165, 1.54) is 0 Å². The van der Waals surface area contributed by atoms with Crippen LogP contribution in [0.3, 0.4) is 0 Å². The average molecular weight is 315 g/mol. The smallest absolute Gasteiger partial charge is 0.253 e. The van der Waals surface area contributed by atoms with E-state index in [1.54, 1.807) is 12.1 Å². The predicted molar refractivity (Wildman–Crippen MR) is 90.1 cm³/mol. The number of piperidine rings is 1. The summed E-state index contributed by atoms with van der Waals surface area (Å²) in [7, 11) is 0. The van der Waals surface area contributed by atoms with Crippen molar-refractivity contribution in [3.05, 3.63) is 29.8 Å². The van der Waals surface area contributed by atoms with Gasteiger partial charge in [0.1, 0.15) is 0 Å².